The molecule has 1 aromatic carbocycles. The third-order valence-corrected chi connectivity index (χ3v) is 4.98. The van der Waals surface area contributed by atoms with Crippen LogP contribution in [0.4, 0.5) is 0 Å². The number of methoxy groups -OCH3 is 1. The summed E-state index contributed by atoms with van der Waals surface area (Å²) in [6.45, 7) is 9.70. The number of amidine groups is 1. The number of nitrogens with zero attached hydrogens (tertiary/aromatic N) is 2. The molecule has 0 atom stereocenters. The van der Waals surface area contributed by atoms with Crippen molar-refractivity contribution >= 4 is 24.2 Å². The molecule has 1 heterocycles. The Morgan fingerprint density at radius 3 is 2.68 bits per heavy atom. The molecule has 1 aromatic heterocycles. The van der Waals surface area contributed by atoms with Gasteiger partial charge < -0.3 is 25.5 Å². The third-order valence-electron chi connectivity index (χ3n) is 4.98. The van der Waals surface area contributed by atoms with Crippen molar-refractivity contribution in [1.29, 1.82) is 0 Å². The highest BCUT2D eigenvalue weighted by atomic mass is 16.5. The zero-order valence-electron chi connectivity index (χ0n) is 18.8. The van der Waals surface area contributed by atoms with Gasteiger partial charge in [0.15, 0.2) is 5.82 Å². The molecule has 0 aliphatic rings. The van der Waals surface area contributed by atoms with E-state index in [0.29, 0.717) is 24.0 Å². The van der Waals surface area contributed by atoms with Crippen LogP contribution in [0.3, 0.4) is 0 Å². The summed E-state index contributed by atoms with van der Waals surface area (Å²) in [5.41, 5.74) is 7.20. The molecule has 0 aliphatic carbocycles. The summed E-state index contributed by atoms with van der Waals surface area (Å²) in [5.74, 6) is 0.824. The zero-order chi connectivity index (χ0) is 22.8. The van der Waals surface area contributed by atoms with Crippen molar-refractivity contribution in [2.45, 2.75) is 52.5 Å². The number of carboxylic acids is 1. The lowest BCUT2D eigenvalue weighted by Crippen LogP contribution is -2.36. The van der Waals surface area contributed by atoms with Gasteiger partial charge in [0.05, 0.1) is 24.6 Å². The van der Waals surface area contributed by atoms with Crippen LogP contribution in [-0.2, 0) is 6.54 Å². The van der Waals surface area contributed by atoms with Gasteiger partial charge in [0.1, 0.15) is 11.6 Å². The summed E-state index contributed by atoms with van der Waals surface area (Å²) >= 11 is 0. The number of aliphatic imine (C=N–C) groups is 1. The fraction of sp³-hybridized carbons (Fsp3) is 0.417. The van der Waals surface area contributed by atoms with Crippen molar-refractivity contribution in [2.24, 2.45) is 10.7 Å². The zero-order valence-corrected chi connectivity index (χ0v) is 18.8. The number of hydrogen-bond donors (Lipinski definition) is 3. The van der Waals surface area contributed by atoms with E-state index in [2.05, 4.69) is 30.7 Å². The Hall–Kier alpha value is -3.22. The van der Waals surface area contributed by atoms with Gasteiger partial charge in [0.2, 0.25) is 0 Å². The number of nitrogens with one attached hydrogen (secondary N) is 1. The van der Waals surface area contributed by atoms with Crippen molar-refractivity contribution in [3.63, 3.8) is 0 Å². The largest absolute Gasteiger partial charge is 0.496 e. The van der Waals surface area contributed by atoms with Crippen LogP contribution in [0, 0.1) is 0 Å². The number of hydrogen-bond acceptors (Lipinski definition) is 4. The lowest BCUT2D eigenvalue weighted by atomic mass is 10.1. The molecule has 7 heteroatoms. The standard InChI is InChI=1S/C24H34N4O3/c1-5-7-8-13-26-23(27-21(25)9-6-2)22-17(3)12-14-28(22)16-19-11-10-18(24(29)30)15-20(19)31-4/h10-12,14-15,26H,3,5-9,13,16H2,1-2,4H3,(H2,25,27)(H,29,30)/b23-22+. The minimum absolute atomic E-state index is 0.188. The maximum Gasteiger partial charge on any atom is 0.335 e. The Morgan fingerprint density at radius 2 is 2.03 bits per heavy atom. The highest BCUT2D eigenvalue weighted by molar-refractivity contribution is 5.88. The number of benzene rings is 1. The first-order valence-electron chi connectivity index (χ1n) is 10.8. The molecule has 0 unspecified atom stereocenters. The van der Waals surface area contributed by atoms with E-state index in [-0.39, 0.29) is 5.56 Å². The van der Waals surface area contributed by atoms with Crippen molar-refractivity contribution in [2.75, 3.05) is 13.7 Å². The lowest BCUT2D eigenvalue weighted by molar-refractivity contribution is 0.0696. The number of unbranched alkanes of at least 4 members (excludes halogenated alkanes) is 2. The van der Waals surface area contributed by atoms with E-state index < -0.39 is 5.97 Å². The van der Waals surface area contributed by atoms with Gasteiger partial charge in [0, 0.05) is 24.7 Å². The van der Waals surface area contributed by atoms with E-state index in [9.17, 15) is 9.90 Å². The molecule has 2 rings (SSSR count). The first-order chi connectivity index (χ1) is 14.9. The van der Waals surface area contributed by atoms with Crippen molar-refractivity contribution in [1.82, 2.24) is 9.88 Å². The average Bonchev–Trinajstić information content (AvgIpc) is 3.10. The molecule has 4 N–H and O–H groups in total. The fourth-order valence-electron chi connectivity index (χ4n) is 3.34. The van der Waals surface area contributed by atoms with Crippen molar-refractivity contribution < 1.29 is 14.6 Å². The number of aromatic nitrogens is 1. The number of aromatic carboxylic acids is 1. The molecule has 31 heavy (non-hydrogen) atoms. The van der Waals surface area contributed by atoms with Gasteiger partial charge in [0.25, 0.3) is 0 Å². The molecule has 0 aliphatic heterocycles. The number of carbonyl (C=O) groups is 1. The molecule has 7 nitrogen and oxygen atoms in total. The van der Waals surface area contributed by atoms with E-state index in [1.807, 2.05) is 16.8 Å². The van der Waals surface area contributed by atoms with Crippen LogP contribution in [0.1, 0.15) is 61.9 Å². The molecule has 0 amide bonds. The number of carboxylic acid groups (broad SMARTS) is 1. The van der Waals surface area contributed by atoms with E-state index >= 15 is 0 Å². The Balaban J connectivity index is 2.51. The van der Waals surface area contributed by atoms with Gasteiger partial charge in [-0.05, 0) is 36.3 Å². The Labute approximate surface area is 183 Å². The third kappa shape index (κ3) is 6.64. The Morgan fingerprint density at radius 1 is 1.26 bits per heavy atom. The maximum atomic E-state index is 11.3. The number of rotatable bonds is 12. The molecule has 0 radical (unpaired) electrons. The average molecular weight is 427 g/mol. The molecular formula is C24H34N4O3. The Kier molecular flexibility index (Phi) is 9.18. The predicted octanol–water partition coefficient (Wildman–Crippen LogP) is 2.66. The highest BCUT2D eigenvalue weighted by Crippen LogP contribution is 2.21. The molecule has 0 bridgehead atoms. The first kappa shape index (κ1) is 24.1. The molecule has 2 aromatic rings. The van der Waals surface area contributed by atoms with Crippen LogP contribution in [0.5, 0.6) is 5.75 Å². The minimum Gasteiger partial charge on any atom is -0.496 e. The summed E-state index contributed by atoms with van der Waals surface area (Å²) < 4.78 is 7.47. The first-order valence-corrected chi connectivity index (χ1v) is 10.8. The van der Waals surface area contributed by atoms with E-state index in [1.165, 1.54) is 13.2 Å². The summed E-state index contributed by atoms with van der Waals surface area (Å²) in [4.78, 5) is 16.0. The van der Waals surface area contributed by atoms with Crippen LogP contribution >= 0.6 is 0 Å². The van der Waals surface area contributed by atoms with Gasteiger partial charge in [-0.2, -0.15) is 0 Å². The second kappa shape index (κ2) is 11.8. The monoisotopic (exact) mass is 426 g/mol. The molecule has 0 spiro atoms. The minimum atomic E-state index is -0.987. The second-order valence-corrected chi connectivity index (χ2v) is 7.48. The molecule has 0 saturated carbocycles. The van der Waals surface area contributed by atoms with Crippen molar-refractivity contribution in [3.05, 3.63) is 52.2 Å². The van der Waals surface area contributed by atoms with Gasteiger partial charge in [-0.25, -0.2) is 9.79 Å². The van der Waals surface area contributed by atoms with Gasteiger partial charge >= 0.3 is 5.97 Å². The maximum absolute atomic E-state index is 11.3. The summed E-state index contributed by atoms with van der Waals surface area (Å²) in [7, 11) is 1.54. The van der Waals surface area contributed by atoms with Crippen LogP contribution in [-0.4, -0.2) is 35.1 Å². The van der Waals surface area contributed by atoms with Gasteiger partial charge in [-0.3, -0.25) is 0 Å². The normalized spacial score (nSPS) is 12.5. The predicted molar refractivity (Wildman–Crippen MR) is 126 cm³/mol. The summed E-state index contributed by atoms with van der Waals surface area (Å²) in [5, 5.41) is 14.4. The second-order valence-electron chi connectivity index (χ2n) is 7.48. The van der Waals surface area contributed by atoms with E-state index in [0.717, 1.165) is 54.8 Å². The fourth-order valence-corrected chi connectivity index (χ4v) is 3.34. The topological polar surface area (TPSA) is 102 Å². The smallest absolute Gasteiger partial charge is 0.335 e. The van der Waals surface area contributed by atoms with Gasteiger partial charge in [-0.1, -0.05) is 39.3 Å². The molecule has 168 valence electrons. The van der Waals surface area contributed by atoms with Gasteiger partial charge in [-0.15, -0.1) is 0 Å². The summed E-state index contributed by atoms with van der Waals surface area (Å²) in [6.07, 6.45) is 6.91. The molecular weight excluding hydrogens is 392 g/mol. The number of nitrogens with two attached hydrogens (primary N) is 1. The van der Waals surface area contributed by atoms with E-state index in [1.54, 1.807) is 12.1 Å². The van der Waals surface area contributed by atoms with Crippen LogP contribution < -0.4 is 26.4 Å². The SMILES string of the molecule is C=c1ccn(Cc2ccc(C(=O)O)cc2OC)/c1=C(/N=C(/N)CCC)NCCCCC. The molecule has 0 fully saturated rings. The lowest BCUT2D eigenvalue weighted by Gasteiger charge is -2.13. The van der Waals surface area contributed by atoms with Crippen LogP contribution in [0.15, 0.2) is 35.5 Å². The quantitative estimate of drug-likeness (QED) is 0.275. The highest BCUT2D eigenvalue weighted by Gasteiger charge is 2.11. The summed E-state index contributed by atoms with van der Waals surface area (Å²) in [6, 6.07) is 6.83. The van der Waals surface area contributed by atoms with Crippen LogP contribution in [0.2, 0.25) is 0 Å². The van der Waals surface area contributed by atoms with Crippen LogP contribution in [0.25, 0.3) is 12.4 Å². The molecule has 0 saturated heterocycles. The van der Waals surface area contributed by atoms with Crippen molar-refractivity contribution in [3.8, 4) is 5.75 Å². The Bertz CT molecular complexity index is 1020. The number of ether oxygens (including phenoxy) is 1. The van der Waals surface area contributed by atoms with E-state index in [4.69, 9.17) is 10.5 Å².